The first-order valence-electron chi connectivity index (χ1n) is 5.69. The first-order valence-corrected chi connectivity index (χ1v) is 6.44. The van der Waals surface area contributed by atoms with E-state index in [0.717, 1.165) is 12.8 Å². The summed E-state index contributed by atoms with van der Waals surface area (Å²) < 4.78 is -0.877. The van der Waals surface area contributed by atoms with Gasteiger partial charge in [-0.15, -0.1) is 23.2 Å². The zero-order chi connectivity index (χ0) is 12.0. The highest BCUT2D eigenvalue weighted by atomic mass is 35.5. The van der Waals surface area contributed by atoms with Crippen LogP contribution in [0.1, 0.15) is 26.2 Å². The lowest BCUT2D eigenvalue weighted by Crippen LogP contribution is -2.43. The van der Waals surface area contributed by atoms with E-state index in [4.69, 9.17) is 28.3 Å². The van der Waals surface area contributed by atoms with E-state index in [1.165, 1.54) is 0 Å². The molecule has 92 valence electrons. The topological polar surface area (TPSA) is 40.5 Å². The van der Waals surface area contributed by atoms with Crippen molar-refractivity contribution >= 4 is 29.1 Å². The molecule has 0 aromatic carbocycles. The number of nitrogens with zero attached hydrogens (tertiary/aromatic N) is 1. The van der Waals surface area contributed by atoms with Gasteiger partial charge >= 0.3 is 0 Å². The van der Waals surface area contributed by atoms with E-state index in [2.05, 4.69) is 0 Å². The van der Waals surface area contributed by atoms with E-state index in [1.807, 2.05) is 11.8 Å². The molecular weight excluding hydrogens is 249 g/mol. The summed E-state index contributed by atoms with van der Waals surface area (Å²) in [6.07, 6.45) is 2.29. The summed E-state index contributed by atoms with van der Waals surface area (Å²) in [5.74, 6) is 0.404. The average Bonchev–Trinajstić information content (AvgIpc) is 2.79. The number of hydrogen-bond acceptors (Lipinski definition) is 2. The Morgan fingerprint density at radius 3 is 2.31 bits per heavy atom. The van der Waals surface area contributed by atoms with E-state index in [1.54, 1.807) is 0 Å². The van der Waals surface area contributed by atoms with Gasteiger partial charge in [0.25, 0.3) is 0 Å². The Morgan fingerprint density at radius 1 is 1.44 bits per heavy atom. The first kappa shape index (κ1) is 12.5. The van der Waals surface area contributed by atoms with Gasteiger partial charge in [-0.2, -0.15) is 0 Å². The molecule has 0 spiro atoms. The smallest absolute Gasteiger partial charge is 0.231 e. The monoisotopic (exact) mass is 265 g/mol. The fourth-order valence-electron chi connectivity index (χ4n) is 2.30. The first-order chi connectivity index (χ1) is 7.40. The molecule has 1 aliphatic carbocycles. The van der Waals surface area contributed by atoms with Gasteiger partial charge in [0.05, 0.1) is 5.41 Å². The van der Waals surface area contributed by atoms with E-state index in [-0.39, 0.29) is 12.5 Å². The van der Waals surface area contributed by atoms with Gasteiger partial charge in [0.15, 0.2) is 0 Å². The number of hydrogen-bond donors (Lipinski definition) is 1. The minimum atomic E-state index is -0.877. The van der Waals surface area contributed by atoms with Gasteiger partial charge in [0.2, 0.25) is 5.91 Å². The van der Waals surface area contributed by atoms with Crippen LogP contribution in [0.4, 0.5) is 0 Å². The molecule has 0 bridgehead atoms. The van der Waals surface area contributed by atoms with Crippen LogP contribution in [0.5, 0.6) is 0 Å². The van der Waals surface area contributed by atoms with Crippen LogP contribution in [0.25, 0.3) is 0 Å². The van der Waals surface area contributed by atoms with Crippen molar-refractivity contribution in [2.24, 2.45) is 11.3 Å². The quantitative estimate of drug-likeness (QED) is 0.774. The van der Waals surface area contributed by atoms with E-state index in [0.29, 0.717) is 25.4 Å². The number of likely N-dealkylation sites (tertiary alicyclic amines) is 1. The normalized spacial score (nSPS) is 33.9. The van der Waals surface area contributed by atoms with Gasteiger partial charge in [-0.1, -0.05) is 0 Å². The van der Waals surface area contributed by atoms with Gasteiger partial charge in [-0.25, -0.2) is 0 Å². The van der Waals surface area contributed by atoms with Crippen LogP contribution in [-0.2, 0) is 4.79 Å². The molecular formula is C11H17Cl2NO2. The Labute approximate surface area is 106 Å². The van der Waals surface area contributed by atoms with Crippen molar-refractivity contribution in [2.75, 3.05) is 19.7 Å². The lowest BCUT2D eigenvalue weighted by Gasteiger charge is -2.33. The number of rotatable bonds is 2. The number of aliphatic hydroxyl groups is 1. The summed E-state index contributed by atoms with van der Waals surface area (Å²) in [6.45, 7) is 3.47. The van der Waals surface area contributed by atoms with Crippen LogP contribution >= 0.6 is 23.2 Å². The third-order valence-corrected chi connectivity index (χ3v) is 4.99. The highest BCUT2D eigenvalue weighted by Crippen LogP contribution is 2.64. The summed E-state index contributed by atoms with van der Waals surface area (Å²) in [5.41, 5.74) is -0.595. The highest BCUT2D eigenvalue weighted by molar-refractivity contribution is 6.53. The van der Waals surface area contributed by atoms with Gasteiger partial charge < -0.3 is 10.0 Å². The van der Waals surface area contributed by atoms with Crippen molar-refractivity contribution in [1.82, 2.24) is 4.90 Å². The van der Waals surface area contributed by atoms with Crippen molar-refractivity contribution in [1.29, 1.82) is 0 Å². The molecule has 1 amide bonds. The van der Waals surface area contributed by atoms with Crippen molar-refractivity contribution in [3.8, 4) is 0 Å². The molecule has 0 aromatic heterocycles. The second-order valence-corrected chi connectivity index (χ2v) is 6.62. The van der Waals surface area contributed by atoms with Crippen LogP contribution in [-0.4, -0.2) is 39.9 Å². The number of piperidine rings is 1. The number of aliphatic hydroxyl groups excluding tert-OH is 1. The maximum absolute atomic E-state index is 12.2. The molecule has 2 rings (SSSR count). The lowest BCUT2D eigenvalue weighted by atomic mass is 9.96. The maximum atomic E-state index is 12.2. The van der Waals surface area contributed by atoms with Crippen molar-refractivity contribution < 1.29 is 9.90 Å². The van der Waals surface area contributed by atoms with Gasteiger partial charge in [-0.05, 0) is 32.1 Å². The zero-order valence-electron chi connectivity index (χ0n) is 9.38. The number of carbonyl (C=O) groups excluding carboxylic acids is 1. The fraction of sp³-hybridized carbons (Fsp3) is 0.909. The van der Waals surface area contributed by atoms with Crippen LogP contribution in [0.2, 0.25) is 0 Å². The number of halogens is 2. The van der Waals surface area contributed by atoms with Gasteiger partial charge in [-0.3, -0.25) is 4.79 Å². The SMILES string of the molecule is CC1(C(=O)N2CCC(CO)CC2)CC1(Cl)Cl. The van der Waals surface area contributed by atoms with Crippen LogP contribution in [0.3, 0.4) is 0 Å². The van der Waals surface area contributed by atoms with E-state index >= 15 is 0 Å². The minimum Gasteiger partial charge on any atom is -0.396 e. The summed E-state index contributed by atoms with van der Waals surface area (Å²) in [4.78, 5) is 14.0. The molecule has 1 N–H and O–H groups in total. The predicted octanol–water partition coefficient (Wildman–Crippen LogP) is 1.80. The Bertz CT molecular complexity index is 300. The summed E-state index contributed by atoms with van der Waals surface area (Å²) in [6, 6.07) is 0. The molecule has 2 aliphatic rings. The Kier molecular flexibility index (Phi) is 3.15. The second-order valence-electron chi connectivity index (χ2n) is 5.13. The summed E-state index contributed by atoms with van der Waals surface area (Å²) in [5, 5.41) is 9.03. The third-order valence-electron chi connectivity index (χ3n) is 3.89. The molecule has 0 aromatic rings. The van der Waals surface area contributed by atoms with Crippen LogP contribution in [0.15, 0.2) is 0 Å². The Balaban J connectivity index is 1.93. The summed E-state index contributed by atoms with van der Waals surface area (Å²) in [7, 11) is 0. The highest BCUT2D eigenvalue weighted by Gasteiger charge is 2.68. The van der Waals surface area contributed by atoms with Gasteiger partial charge in [0, 0.05) is 19.7 Å². The van der Waals surface area contributed by atoms with E-state index in [9.17, 15) is 4.79 Å². The molecule has 1 unspecified atom stereocenters. The molecule has 0 radical (unpaired) electrons. The summed E-state index contributed by atoms with van der Waals surface area (Å²) >= 11 is 12.0. The average molecular weight is 266 g/mol. The number of alkyl halides is 2. The molecule has 1 saturated carbocycles. The second kappa shape index (κ2) is 4.04. The predicted molar refractivity (Wildman–Crippen MR) is 63.6 cm³/mol. The molecule has 3 nitrogen and oxygen atoms in total. The maximum Gasteiger partial charge on any atom is 0.231 e. The van der Waals surface area contributed by atoms with Crippen molar-refractivity contribution in [3.63, 3.8) is 0 Å². The molecule has 2 fully saturated rings. The molecule has 1 atom stereocenters. The Morgan fingerprint density at radius 2 is 1.94 bits per heavy atom. The Hall–Kier alpha value is 0.01000. The fourth-order valence-corrected chi connectivity index (χ4v) is 3.00. The number of carbonyl (C=O) groups is 1. The zero-order valence-corrected chi connectivity index (χ0v) is 10.9. The third kappa shape index (κ3) is 1.93. The molecule has 5 heteroatoms. The molecule has 1 heterocycles. The lowest BCUT2D eigenvalue weighted by molar-refractivity contribution is -0.138. The largest absolute Gasteiger partial charge is 0.396 e. The van der Waals surface area contributed by atoms with Gasteiger partial charge in [0.1, 0.15) is 4.33 Å². The molecule has 1 aliphatic heterocycles. The number of amides is 1. The molecule has 1 saturated heterocycles. The van der Waals surface area contributed by atoms with Crippen LogP contribution in [0, 0.1) is 11.3 Å². The van der Waals surface area contributed by atoms with Crippen molar-refractivity contribution in [2.45, 2.75) is 30.5 Å². The standard InChI is InChI=1S/C11H17Cl2NO2/c1-10(7-11(10,12)13)9(16)14-4-2-8(6-15)3-5-14/h8,15H,2-7H2,1H3. The van der Waals surface area contributed by atoms with E-state index < -0.39 is 9.75 Å². The molecule has 16 heavy (non-hydrogen) atoms. The van der Waals surface area contributed by atoms with Crippen molar-refractivity contribution in [3.05, 3.63) is 0 Å². The minimum absolute atomic E-state index is 0.0638. The van der Waals surface area contributed by atoms with Crippen LogP contribution < -0.4 is 0 Å².